The summed E-state index contributed by atoms with van der Waals surface area (Å²) in [5.41, 5.74) is 3.17. The molecule has 2 aromatic carbocycles. The van der Waals surface area contributed by atoms with Gasteiger partial charge in [0.1, 0.15) is 0 Å². The maximum atomic E-state index is 11.3. The van der Waals surface area contributed by atoms with Crippen LogP contribution in [0.1, 0.15) is 56.9 Å². The molecule has 27 heavy (non-hydrogen) atoms. The zero-order chi connectivity index (χ0) is 20.7. The first kappa shape index (κ1) is 21.9. The Labute approximate surface area is 172 Å². The summed E-state index contributed by atoms with van der Waals surface area (Å²) in [5, 5.41) is 10.3. The average molecular weight is 430 g/mol. The van der Waals surface area contributed by atoms with Crippen LogP contribution in [0.15, 0.2) is 24.3 Å². The molecule has 2 aromatic rings. The minimum absolute atomic E-state index is 0.0153. The molecule has 0 fully saturated rings. The standard InChI is InChI=1S/C20H25Cl2NO3S/c1-11-7-12(19(2,3)4)9-13(8-11)20(5,6)16-15(23-27(25)26)10-14(21)18(24)17(16)22/h7-10,24,27H,1-6H3,(H,23,25,26). The van der Waals surface area contributed by atoms with E-state index in [0.29, 0.717) is 5.56 Å². The fraction of sp³-hybridized carbons (Fsp3) is 0.400. The Morgan fingerprint density at radius 3 is 2.04 bits per heavy atom. The zero-order valence-corrected chi connectivity index (χ0v) is 18.7. The van der Waals surface area contributed by atoms with Crippen LogP contribution in [0, 0.1) is 6.92 Å². The average Bonchev–Trinajstić information content (AvgIpc) is 2.50. The van der Waals surface area contributed by atoms with Gasteiger partial charge in [-0.15, -0.1) is 0 Å². The topological polar surface area (TPSA) is 66.4 Å². The molecular weight excluding hydrogens is 405 g/mol. The second-order valence-corrected chi connectivity index (χ2v) is 9.80. The van der Waals surface area contributed by atoms with E-state index >= 15 is 0 Å². The van der Waals surface area contributed by atoms with Gasteiger partial charge in [0.15, 0.2) is 5.75 Å². The molecule has 0 radical (unpaired) electrons. The highest BCUT2D eigenvalue weighted by Gasteiger charge is 2.32. The molecule has 0 saturated heterocycles. The van der Waals surface area contributed by atoms with Crippen molar-refractivity contribution in [1.82, 2.24) is 0 Å². The zero-order valence-electron chi connectivity index (χ0n) is 16.3. The fourth-order valence-electron chi connectivity index (χ4n) is 3.13. The number of nitrogens with one attached hydrogen (secondary N) is 1. The van der Waals surface area contributed by atoms with E-state index in [4.69, 9.17) is 23.2 Å². The lowest BCUT2D eigenvalue weighted by atomic mass is 9.74. The predicted octanol–water partition coefficient (Wildman–Crippen LogP) is 5.57. The maximum absolute atomic E-state index is 11.3. The van der Waals surface area contributed by atoms with Crippen molar-refractivity contribution < 1.29 is 13.5 Å². The Kier molecular flexibility index (Phi) is 6.10. The maximum Gasteiger partial charge on any atom is 0.222 e. The molecule has 0 amide bonds. The van der Waals surface area contributed by atoms with Crippen LogP contribution in [0.3, 0.4) is 0 Å². The normalized spacial score (nSPS) is 12.5. The number of rotatable bonds is 4. The molecule has 148 valence electrons. The van der Waals surface area contributed by atoms with Crippen molar-refractivity contribution >= 4 is 39.8 Å². The summed E-state index contributed by atoms with van der Waals surface area (Å²) >= 11 is 12.4. The van der Waals surface area contributed by atoms with E-state index in [-0.39, 0.29) is 26.9 Å². The summed E-state index contributed by atoms with van der Waals surface area (Å²) in [6.07, 6.45) is 0. The molecule has 0 spiro atoms. The van der Waals surface area contributed by atoms with Gasteiger partial charge in [-0.3, -0.25) is 4.72 Å². The van der Waals surface area contributed by atoms with Crippen LogP contribution >= 0.6 is 23.2 Å². The van der Waals surface area contributed by atoms with E-state index in [0.717, 1.165) is 16.7 Å². The van der Waals surface area contributed by atoms with Crippen LogP contribution < -0.4 is 4.72 Å². The Morgan fingerprint density at radius 2 is 1.52 bits per heavy atom. The number of thiol groups is 1. The molecule has 0 bridgehead atoms. The van der Waals surface area contributed by atoms with Gasteiger partial charge < -0.3 is 5.11 Å². The number of hydrogen-bond acceptors (Lipinski definition) is 3. The Bertz CT molecular complexity index is 953. The quantitative estimate of drug-likeness (QED) is 0.439. The van der Waals surface area contributed by atoms with Crippen molar-refractivity contribution in [2.45, 2.75) is 52.4 Å². The molecule has 0 aromatic heterocycles. The van der Waals surface area contributed by atoms with E-state index in [1.807, 2.05) is 26.8 Å². The number of phenolic OH excluding ortho intramolecular Hbond substituents is 1. The van der Waals surface area contributed by atoms with Crippen LogP contribution in [0.2, 0.25) is 10.0 Å². The smallest absolute Gasteiger partial charge is 0.222 e. The Hall–Kier alpha value is -1.43. The van der Waals surface area contributed by atoms with Gasteiger partial charge in [-0.25, -0.2) is 8.42 Å². The van der Waals surface area contributed by atoms with Gasteiger partial charge in [-0.1, -0.05) is 81.6 Å². The SMILES string of the molecule is Cc1cc(C(C)(C)C)cc(C(C)(C)c2c(N[SH](=O)=O)cc(Cl)c(O)c2Cl)c1. The van der Waals surface area contributed by atoms with Crippen LogP contribution in [0.4, 0.5) is 5.69 Å². The highest BCUT2D eigenvalue weighted by atomic mass is 35.5. The van der Waals surface area contributed by atoms with Crippen molar-refractivity contribution in [3.63, 3.8) is 0 Å². The summed E-state index contributed by atoms with van der Waals surface area (Å²) in [6, 6.07) is 7.65. The third-order valence-electron chi connectivity index (χ3n) is 4.70. The lowest BCUT2D eigenvalue weighted by Gasteiger charge is -2.32. The highest BCUT2D eigenvalue weighted by Crippen LogP contribution is 2.47. The molecule has 4 nitrogen and oxygen atoms in total. The summed E-state index contributed by atoms with van der Waals surface area (Å²) in [6.45, 7) is 12.3. The van der Waals surface area contributed by atoms with Crippen LogP contribution in [0.5, 0.6) is 5.75 Å². The number of aryl methyl sites for hydroxylation is 1. The van der Waals surface area contributed by atoms with E-state index in [2.05, 4.69) is 37.6 Å². The van der Waals surface area contributed by atoms with E-state index in [1.165, 1.54) is 6.07 Å². The molecule has 7 heteroatoms. The minimum Gasteiger partial charge on any atom is -0.505 e. The first-order valence-electron chi connectivity index (χ1n) is 8.50. The van der Waals surface area contributed by atoms with Crippen molar-refractivity contribution in [2.24, 2.45) is 0 Å². The second kappa shape index (κ2) is 7.53. The summed E-state index contributed by atoms with van der Waals surface area (Å²) in [7, 11) is -2.92. The molecule has 0 saturated carbocycles. The van der Waals surface area contributed by atoms with Crippen molar-refractivity contribution in [1.29, 1.82) is 0 Å². The summed E-state index contributed by atoms with van der Waals surface area (Å²) in [4.78, 5) is 0. The number of anilines is 1. The number of halogens is 2. The van der Waals surface area contributed by atoms with Gasteiger partial charge in [-0.05, 0) is 29.5 Å². The fourth-order valence-corrected chi connectivity index (χ4v) is 4.19. The molecular formula is C20H25Cl2NO3S. The monoisotopic (exact) mass is 429 g/mol. The van der Waals surface area contributed by atoms with Gasteiger partial charge >= 0.3 is 0 Å². The molecule has 0 aliphatic rings. The lowest BCUT2D eigenvalue weighted by Crippen LogP contribution is -2.23. The van der Waals surface area contributed by atoms with Gasteiger partial charge in [0.25, 0.3) is 0 Å². The first-order chi connectivity index (χ1) is 12.2. The highest BCUT2D eigenvalue weighted by molar-refractivity contribution is 7.73. The van der Waals surface area contributed by atoms with E-state index in [1.54, 1.807) is 0 Å². The molecule has 2 N–H and O–H groups in total. The number of hydrogen-bond donors (Lipinski definition) is 3. The third kappa shape index (κ3) is 4.53. The molecule has 0 atom stereocenters. The number of phenols is 1. The molecule has 0 heterocycles. The largest absolute Gasteiger partial charge is 0.505 e. The minimum atomic E-state index is -2.92. The number of aromatic hydroxyl groups is 1. The molecule has 0 unspecified atom stereocenters. The van der Waals surface area contributed by atoms with Gasteiger partial charge in [0.05, 0.1) is 15.7 Å². The molecule has 0 aliphatic heterocycles. The van der Waals surface area contributed by atoms with Crippen LogP contribution in [-0.2, 0) is 21.7 Å². The molecule has 0 aliphatic carbocycles. The lowest BCUT2D eigenvalue weighted by molar-refractivity contribution is 0.473. The van der Waals surface area contributed by atoms with E-state index in [9.17, 15) is 13.5 Å². The number of benzene rings is 2. The summed E-state index contributed by atoms with van der Waals surface area (Å²) in [5.74, 6) is -0.267. The Balaban J connectivity index is 2.80. The summed E-state index contributed by atoms with van der Waals surface area (Å²) < 4.78 is 25.0. The van der Waals surface area contributed by atoms with Gasteiger partial charge in [0.2, 0.25) is 10.9 Å². The second-order valence-electron chi connectivity index (χ2n) is 8.28. The van der Waals surface area contributed by atoms with Crippen molar-refractivity contribution in [3.8, 4) is 5.75 Å². The van der Waals surface area contributed by atoms with E-state index < -0.39 is 16.3 Å². The Morgan fingerprint density at radius 1 is 0.963 bits per heavy atom. The first-order valence-corrected chi connectivity index (χ1v) is 10.4. The van der Waals surface area contributed by atoms with Crippen molar-refractivity contribution in [2.75, 3.05) is 4.72 Å². The van der Waals surface area contributed by atoms with Crippen molar-refractivity contribution in [3.05, 3.63) is 56.6 Å². The molecule has 2 rings (SSSR count). The van der Waals surface area contributed by atoms with Gasteiger partial charge in [-0.2, -0.15) is 0 Å². The van der Waals surface area contributed by atoms with Crippen LogP contribution in [0.25, 0.3) is 0 Å². The van der Waals surface area contributed by atoms with Gasteiger partial charge in [0, 0.05) is 11.0 Å². The van der Waals surface area contributed by atoms with Crippen LogP contribution in [-0.4, -0.2) is 13.5 Å². The predicted molar refractivity (Wildman–Crippen MR) is 114 cm³/mol. The third-order valence-corrected chi connectivity index (χ3v) is 5.78.